The van der Waals surface area contributed by atoms with Gasteiger partial charge in [0.05, 0.1) is 12.7 Å². The molecule has 1 unspecified atom stereocenters. The predicted molar refractivity (Wildman–Crippen MR) is 116 cm³/mol. The van der Waals surface area contributed by atoms with Crippen LogP contribution in [0.3, 0.4) is 0 Å². The maximum Gasteiger partial charge on any atom is 0.341 e. The highest BCUT2D eigenvalue weighted by atomic mass is 32.1. The fourth-order valence-electron chi connectivity index (χ4n) is 4.17. The second-order valence-corrected chi connectivity index (χ2v) is 8.70. The molecule has 1 aliphatic heterocycles. The largest absolute Gasteiger partial charge is 0.465 e. The Hall–Kier alpha value is -2.87. The van der Waals surface area contributed by atoms with E-state index < -0.39 is 18.0 Å². The van der Waals surface area contributed by atoms with E-state index in [1.165, 1.54) is 18.4 Å². The Morgan fingerprint density at radius 3 is 2.70 bits per heavy atom. The number of rotatable bonds is 4. The summed E-state index contributed by atoms with van der Waals surface area (Å²) in [5.74, 6) is -0.601. The fourth-order valence-corrected chi connectivity index (χ4v) is 5.44. The molecule has 30 heavy (non-hydrogen) atoms. The summed E-state index contributed by atoms with van der Waals surface area (Å²) < 4.78 is 4.94. The molecule has 158 valence electrons. The van der Waals surface area contributed by atoms with Crippen molar-refractivity contribution in [3.8, 4) is 0 Å². The topological polar surface area (TPSA) is 87.7 Å². The van der Waals surface area contributed by atoms with Crippen molar-refractivity contribution in [1.29, 1.82) is 0 Å². The van der Waals surface area contributed by atoms with Crippen molar-refractivity contribution < 1.29 is 19.1 Å². The van der Waals surface area contributed by atoms with Crippen LogP contribution in [0.4, 0.5) is 15.5 Å². The molecule has 2 heterocycles. The molecule has 2 aromatic rings. The Labute approximate surface area is 179 Å². The number of hydrogen-bond acceptors (Lipinski definition) is 5. The van der Waals surface area contributed by atoms with Gasteiger partial charge in [0.1, 0.15) is 11.0 Å². The highest BCUT2D eigenvalue weighted by Gasteiger charge is 2.30. The van der Waals surface area contributed by atoms with Crippen molar-refractivity contribution in [2.24, 2.45) is 0 Å². The van der Waals surface area contributed by atoms with Crippen LogP contribution in [0.25, 0.3) is 0 Å². The molecule has 1 aromatic heterocycles. The monoisotopic (exact) mass is 427 g/mol. The van der Waals surface area contributed by atoms with E-state index in [4.69, 9.17) is 4.74 Å². The van der Waals surface area contributed by atoms with E-state index in [0.717, 1.165) is 53.8 Å². The van der Waals surface area contributed by atoms with E-state index in [2.05, 4.69) is 10.6 Å². The van der Waals surface area contributed by atoms with Gasteiger partial charge in [-0.3, -0.25) is 10.1 Å². The molecule has 0 radical (unpaired) electrons. The molecule has 0 saturated carbocycles. The van der Waals surface area contributed by atoms with Crippen LogP contribution in [0.5, 0.6) is 0 Å². The van der Waals surface area contributed by atoms with Crippen LogP contribution in [-0.2, 0) is 28.8 Å². The van der Waals surface area contributed by atoms with Crippen molar-refractivity contribution in [1.82, 2.24) is 5.32 Å². The average molecular weight is 428 g/mol. The lowest BCUT2D eigenvalue weighted by Gasteiger charge is -2.22. The third-order valence-corrected chi connectivity index (χ3v) is 6.87. The van der Waals surface area contributed by atoms with Gasteiger partial charge in [-0.25, -0.2) is 9.59 Å². The summed E-state index contributed by atoms with van der Waals surface area (Å²) in [7, 11) is 1.34. The molecule has 8 heteroatoms. The third-order valence-electron chi connectivity index (χ3n) is 5.66. The summed E-state index contributed by atoms with van der Waals surface area (Å²) in [4.78, 5) is 40.7. The molecular weight excluding hydrogens is 402 g/mol. The molecule has 7 nitrogen and oxygen atoms in total. The molecule has 2 aliphatic rings. The van der Waals surface area contributed by atoms with Gasteiger partial charge in [0.25, 0.3) is 0 Å². The number of thiophene rings is 1. The lowest BCUT2D eigenvalue weighted by atomic mass is 9.95. The van der Waals surface area contributed by atoms with Crippen molar-refractivity contribution in [3.05, 3.63) is 45.8 Å². The van der Waals surface area contributed by atoms with Gasteiger partial charge < -0.3 is 15.0 Å². The number of aryl methyl sites for hydroxylation is 1. The molecule has 0 fully saturated rings. The van der Waals surface area contributed by atoms with E-state index >= 15 is 0 Å². The zero-order valence-electron chi connectivity index (χ0n) is 17.1. The number of benzene rings is 1. The molecule has 4 rings (SSSR count). The second kappa shape index (κ2) is 8.47. The summed E-state index contributed by atoms with van der Waals surface area (Å²) in [6.45, 7) is 2.28. The van der Waals surface area contributed by atoms with Crippen LogP contribution in [-0.4, -0.2) is 37.6 Å². The number of esters is 1. The van der Waals surface area contributed by atoms with Crippen molar-refractivity contribution >= 4 is 39.9 Å². The zero-order valence-corrected chi connectivity index (χ0v) is 17.9. The first kappa shape index (κ1) is 20.4. The van der Waals surface area contributed by atoms with E-state index in [1.807, 2.05) is 24.3 Å². The minimum atomic E-state index is -0.702. The standard InChI is InChI=1S/C22H25N3O4S/c1-13(20(26)25-12-11-14-7-3-5-9-16(14)25)23-22(28)24-19-18(21(27)29-2)15-8-4-6-10-17(15)30-19/h3,5,7,9,13H,4,6,8,10-12H2,1-2H3,(H2,23,24,28). The molecule has 1 aliphatic carbocycles. The second-order valence-electron chi connectivity index (χ2n) is 7.60. The first-order chi connectivity index (χ1) is 14.5. The Morgan fingerprint density at radius 2 is 1.90 bits per heavy atom. The lowest BCUT2D eigenvalue weighted by molar-refractivity contribution is -0.119. The number of hydrogen-bond donors (Lipinski definition) is 2. The van der Waals surface area contributed by atoms with Gasteiger partial charge in [-0.05, 0) is 56.2 Å². The van der Waals surface area contributed by atoms with Gasteiger partial charge in [0.2, 0.25) is 5.91 Å². The minimum absolute atomic E-state index is 0.159. The van der Waals surface area contributed by atoms with Crippen LogP contribution >= 0.6 is 11.3 Å². The first-order valence-corrected chi connectivity index (χ1v) is 11.0. The third kappa shape index (κ3) is 3.79. The molecule has 1 aromatic carbocycles. The maximum atomic E-state index is 12.9. The van der Waals surface area contributed by atoms with Crippen molar-refractivity contribution in [2.45, 2.75) is 45.1 Å². The molecule has 0 spiro atoms. The summed E-state index contributed by atoms with van der Waals surface area (Å²) in [6.07, 6.45) is 4.61. The normalized spacial score (nSPS) is 15.7. The number of anilines is 2. The summed E-state index contributed by atoms with van der Waals surface area (Å²) in [6, 6.07) is 6.59. The zero-order chi connectivity index (χ0) is 21.3. The molecule has 3 amide bonds. The number of nitrogens with zero attached hydrogens (tertiary/aromatic N) is 1. The molecular formula is C22H25N3O4S. The van der Waals surface area contributed by atoms with Crippen LogP contribution < -0.4 is 15.5 Å². The number of carbonyl (C=O) groups is 3. The Bertz CT molecular complexity index is 1000. The van der Waals surface area contributed by atoms with E-state index in [1.54, 1.807) is 11.8 Å². The van der Waals surface area contributed by atoms with Crippen LogP contribution in [0.15, 0.2) is 24.3 Å². The number of urea groups is 1. The van der Waals surface area contributed by atoms with Gasteiger partial charge in [0.15, 0.2) is 0 Å². The summed E-state index contributed by atoms with van der Waals surface area (Å²) in [5, 5.41) is 5.97. The highest BCUT2D eigenvalue weighted by molar-refractivity contribution is 7.17. The Morgan fingerprint density at radius 1 is 1.13 bits per heavy atom. The first-order valence-electron chi connectivity index (χ1n) is 10.2. The van der Waals surface area contributed by atoms with Gasteiger partial charge in [-0.2, -0.15) is 0 Å². The number of ether oxygens (including phenoxy) is 1. The molecule has 1 atom stereocenters. The summed E-state index contributed by atoms with van der Waals surface area (Å²) >= 11 is 1.42. The van der Waals surface area contributed by atoms with Gasteiger partial charge >= 0.3 is 12.0 Å². The SMILES string of the molecule is COC(=O)c1c(NC(=O)NC(C)C(=O)N2CCc3ccccc32)sc2c1CCCC2. The van der Waals surface area contributed by atoms with Crippen molar-refractivity contribution in [2.75, 3.05) is 23.9 Å². The van der Waals surface area contributed by atoms with E-state index in [9.17, 15) is 14.4 Å². The van der Waals surface area contributed by atoms with Gasteiger partial charge in [-0.15, -0.1) is 11.3 Å². The number of fused-ring (bicyclic) bond motifs is 2. The maximum absolute atomic E-state index is 12.9. The van der Waals surface area contributed by atoms with Crippen LogP contribution in [0.1, 0.15) is 46.1 Å². The molecule has 0 bridgehead atoms. The number of methoxy groups -OCH3 is 1. The van der Waals surface area contributed by atoms with E-state index in [0.29, 0.717) is 17.1 Å². The predicted octanol–water partition coefficient (Wildman–Crippen LogP) is 3.51. The Kier molecular flexibility index (Phi) is 5.76. The number of para-hydroxylation sites is 1. The quantitative estimate of drug-likeness (QED) is 0.731. The van der Waals surface area contributed by atoms with Crippen LogP contribution in [0, 0.1) is 0 Å². The molecule has 2 N–H and O–H groups in total. The summed E-state index contributed by atoms with van der Waals surface area (Å²) in [5.41, 5.74) is 3.45. The smallest absolute Gasteiger partial charge is 0.341 e. The molecule has 0 saturated heterocycles. The number of nitrogens with one attached hydrogen (secondary N) is 2. The van der Waals surface area contributed by atoms with Crippen molar-refractivity contribution in [3.63, 3.8) is 0 Å². The van der Waals surface area contributed by atoms with Gasteiger partial charge in [-0.1, -0.05) is 18.2 Å². The number of amides is 3. The Balaban J connectivity index is 1.46. The fraction of sp³-hybridized carbons (Fsp3) is 0.409. The van der Waals surface area contributed by atoms with E-state index in [-0.39, 0.29) is 5.91 Å². The van der Waals surface area contributed by atoms with Gasteiger partial charge in [0, 0.05) is 17.1 Å². The van der Waals surface area contributed by atoms with Crippen LogP contribution in [0.2, 0.25) is 0 Å². The average Bonchev–Trinajstić information content (AvgIpc) is 3.33. The lowest BCUT2D eigenvalue weighted by Crippen LogP contribution is -2.47. The minimum Gasteiger partial charge on any atom is -0.465 e. The number of carbonyl (C=O) groups excluding carboxylic acids is 3. The highest BCUT2D eigenvalue weighted by Crippen LogP contribution is 2.38.